The van der Waals surface area contributed by atoms with Gasteiger partial charge in [0, 0.05) is 13.1 Å². The molecule has 27 heavy (non-hydrogen) atoms. The summed E-state index contributed by atoms with van der Waals surface area (Å²) in [6, 6.07) is 15.2. The molecule has 0 spiro atoms. The number of amides is 1. The quantitative estimate of drug-likeness (QED) is 0.813. The van der Waals surface area contributed by atoms with Gasteiger partial charge < -0.3 is 9.64 Å². The molecule has 1 amide bonds. The van der Waals surface area contributed by atoms with Crippen LogP contribution in [0.4, 0.5) is 5.69 Å². The molecule has 2 aliphatic heterocycles. The maximum absolute atomic E-state index is 13.2. The number of fused-ring (bicyclic) bond motifs is 1. The molecule has 4 rings (SSSR count). The predicted molar refractivity (Wildman–Crippen MR) is 102 cm³/mol. The van der Waals surface area contributed by atoms with Crippen LogP contribution in [0.25, 0.3) is 0 Å². The Bertz CT molecular complexity index is 924. The van der Waals surface area contributed by atoms with Gasteiger partial charge in [-0.05, 0) is 43.5 Å². The van der Waals surface area contributed by atoms with Gasteiger partial charge in [-0.1, -0.05) is 30.3 Å². The summed E-state index contributed by atoms with van der Waals surface area (Å²) in [5.74, 6) is 0.274. The molecular formula is C20H22N2O4S. The third kappa shape index (κ3) is 3.39. The Morgan fingerprint density at radius 1 is 0.926 bits per heavy atom. The summed E-state index contributed by atoms with van der Waals surface area (Å²) in [6.07, 6.45) is 2.23. The van der Waals surface area contributed by atoms with Crippen molar-refractivity contribution >= 4 is 21.6 Å². The number of hydrogen-bond acceptors (Lipinski definition) is 4. The van der Waals surface area contributed by atoms with Gasteiger partial charge in [0.2, 0.25) is 0 Å². The molecule has 7 heteroatoms. The standard InChI is InChI=1S/C20H22N2O4S/c23-20(21-13-7-2-8-14-21)19-15-22(17-11-5-6-12-18(17)26-19)27(24,25)16-9-3-1-4-10-16/h1,3-6,9-12,19H,2,7-8,13-15H2. The molecule has 1 saturated heterocycles. The van der Waals surface area contributed by atoms with Crippen molar-refractivity contribution < 1.29 is 17.9 Å². The number of rotatable bonds is 3. The molecule has 6 nitrogen and oxygen atoms in total. The summed E-state index contributed by atoms with van der Waals surface area (Å²) >= 11 is 0. The summed E-state index contributed by atoms with van der Waals surface area (Å²) in [7, 11) is -3.79. The number of carbonyl (C=O) groups excluding carboxylic acids is 1. The Kier molecular flexibility index (Phi) is 4.78. The lowest BCUT2D eigenvalue weighted by Gasteiger charge is -2.37. The van der Waals surface area contributed by atoms with E-state index in [0.29, 0.717) is 24.5 Å². The first-order chi connectivity index (χ1) is 13.1. The second-order valence-corrected chi connectivity index (χ2v) is 8.67. The number of piperidine rings is 1. The minimum atomic E-state index is -3.79. The highest BCUT2D eigenvalue weighted by Crippen LogP contribution is 2.37. The van der Waals surface area contributed by atoms with E-state index in [9.17, 15) is 13.2 Å². The largest absolute Gasteiger partial charge is 0.476 e. The number of carbonyl (C=O) groups is 1. The lowest BCUT2D eigenvalue weighted by Crippen LogP contribution is -2.52. The lowest BCUT2D eigenvalue weighted by molar-refractivity contribution is -0.139. The van der Waals surface area contributed by atoms with E-state index in [4.69, 9.17) is 4.74 Å². The number of sulfonamides is 1. The number of benzene rings is 2. The van der Waals surface area contributed by atoms with Gasteiger partial charge in [0.25, 0.3) is 15.9 Å². The molecule has 1 fully saturated rings. The fourth-order valence-electron chi connectivity index (χ4n) is 3.60. The Labute approximate surface area is 159 Å². The van der Waals surface area contributed by atoms with Crippen molar-refractivity contribution in [3.05, 3.63) is 54.6 Å². The summed E-state index contributed by atoms with van der Waals surface area (Å²) in [5.41, 5.74) is 0.462. The molecule has 0 saturated carbocycles. The highest BCUT2D eigenvalue weighted by Gasteiger charge is 2.39. The van der Waals surface area contributed by atoms with Gasteiger partial charge in [0.15, 0.2) is 6.10 Å². The SMILES string of the molecule is O=C(C1CN(S(=O)(=O)c2ccccc2)c2ccccc2O1)N1CCCCC1. The van der Waals surface area contributed by atoms with Crippen LogP contribution in [0, 0.1) is 0 Å². The van der Waals surface area contributed by atoms with Gasteiger partial charge >= 0.3 is 0 Å². The Morgan fingerprint density at radius 3 is 2.33 bits per heavy atom. The van der Waals surface area contributed by atoms with Crippen LogP contribution < -0.4 is 9.04 Å². The zero-order valence-electron chi connectivity index (χ0n) is 15.0. The van der Waals surface area contributed by atoms with Gasteiger partial charge in [-0.2, -0.15) is 0 Å². The average Bonchev–Trinajstić information content (AvgIpc) is 2.73. The Balaban J connectivity index is 1.69. The van der Waals surface area contributed by atoms with Crippen molar-refractivity contribution in [2.45, 2.75) is 30.3 Å². The fourth-order valence-corrected chi connectivity index (χ4v) is 5.09. The predicted octanol–water partition coefficient (Wildman–Crippen LogP) is 2.66. The first kappa shape index (κ1) is 17.9. The molecule has 0 aliphatic carbocycles. The van der Waals surface area contributed by atoms with Crippen LogP contribution >= 0.6 is 0 Å². The van der Waals surface area contributed by atoms with Crippen molar-refractivity contribution in [1.29, 1.82) is 0 Å². The number of para-hydroxylation sites is 2. The van der Waals surface area contributed by atoms with Crippen molar-refractivity contribution in [2.75, 3.05) is 23.9 Å². The monoisotopic (exact) mass is 386 g/mol. The van der Waals surface area contributed by atoms with E-state index < -0.39 is 16.1 Å². The van der Waals surface area contributed by atoms with E-state index in [1.165, 1.54) is 4.31 Å². The smallest absolute Gasteiger partial charge is 0.265 e. The van der Waals surface area contributed by atoms with Crippen molar-refractivity contribution in [2.24, 2.45) is 0 Å². The summed E-state index contributed by atoms with van der Waals surface area (Å²) < 4.78 is 33.7. The Morgan fingerprint density at radius 2 is 1.59 bits per heavy atom. The van der Waals surface area contributed by atoms with Crippen LogP contribution in [0.2, 0.25) is 0 Å². The van der Waals surface area contributed by atoms with E-state index in [2.05, 4.69) is 0 Å². The molecule has 2 aromatic rings. The number of anilines is 1. The molecular weight excluding hydrogens is 364 g/mol. The Hall–Kier alpha value is -2.54. The molecule has 0 N–H and O–H groups in total. The van der Waals surface area contributed by atoms with E-state index in [1.807, 2.05) is 0 Å². The van der Waals surface area contributed by atoms with Gasteiger partial charge in [0.1, 0.15) is 5.75 Å². The first-order valence-electron chi connectivity index (χ1n) is 9.19. The summed E-state index contributed by atoms with van der Waals surface area (Å²) in [4.78, 5) is 14.9. The maximum atomic E-state index is 13.2. The van der Waals surface area contributed by atoms with E-state index in [1.54, 1.807) is 59.5 Å². The second kappa shape index (κ2) is 7.23. The highest BCUT2D eigenvalue weighted by molar-refractivity contribution is 7.92. The molecule has 1 atom stereocenters. The van der Waals surface area contributed by atoms with Crippen LogP contribution in [0.1, 0.15) is 19.3 Å². The van der Waals surface area contributed by atoms with Gasteiger partial charge in [-0.3, -0.25) is 9.10 Å². The molecule has 1 unspecified atom stereocenters. The molecule has 2 aromatic carbocycles. The van der Waals surface area contributed by atoms with Crippen molar-refractivity contribution in [3.8, 4) is 5.75 Å². The topological polar surface area (TPSA) is 66.9 Å². The average molecular weight is 386 g/mol. The van der Waals surface area contributed by atoms with Gasteiger partial charge in [-0.15, -0.1) is 0 Å². The van der Waals surface area contributed by atoms with Crippen LogP contribution in [0.15, 0.2) is 59.5 Å². The van der Waals surface area contributed by atoms with Crippen molar-refractivity contribution in [3.63, 3.8) is 0 Å². The molecule has 2 aliphatic rings. The molecule has 142 valence electrons. The summed E-state index contributed by atoms with van der Waals surface area (Å²) in [6.45, 7) is 1.38. The maximum Gasteiger partial charge on any atom is 0.265 e. The van der Waals surface area contributed by atoms with Crippen molar-refractivity contribution in [1.82, 2.24) is 4.90 Å². The van der Waals surface area contributed by atoms with Gasteiger partial charge in [0.05, 0.1) is 17.1 Å². The molecule has 0 bridgehead atoms. The molecule has 0 aromatic heterocycles. The summed E-state index contributed by atoms with van der Waals surface area (Å²) in [5, 5.41) is 0. The minimum absolute atomic E-state index is 0.0242. The third-order valence-electron chi connectivity index (χ3n) is 5.01. The number of likely N-dealkylation sites (tertiary alicyclic amines) is 1. The van der Waals surface area contributed by atoms with E-state index in [-0.39, 0.29) is 17.3 Å². The minimum Gasteiger partial charge on any atom is -0.476 e. The number of hydrogen-bond donors (Lipinski definition) is 0. The van der Waals surface area contributed by atoms with E-state index >= 15 is 0 Å². The zero-order chi connectivity index (χ0) is 18.9. The van der Waals surface area contributed by atoms with Gasteiger partial charge in [-0.25, -0.2) is 8.42 Å². The highest BCUT2D eigenvalue weighted by atomic mass is 32.2. The molecule has 0 radical (unpaired) electrons. The second-order valence-electron chi connectivity index (χ2n) is 6.81. The number of nitrogens with zero attached hydrogens (tertiary/aromatic N) is 2. The van der Waals surface area contributed by atoms with E-state index in [0.717, 1.165) is 19.3 Å². The molecule has 2 heterocycles. The van der Waals surface area contributed by atoms with Crippen LogP contribution in [-0.4, -0.2) is 45.0 Å². The third-order valence-corrected chi connectivity index (χ3v) is 6.80. The number of ether oxygens (including phenoxy) is 1. The van der Waals surface area contributed by atoms with Crippen LogP contribution in [0.3, 0.4) is 0 Å². The van der Waals surface area contributed by atoms with Crippen LogP contribution in [-0.2, 0) is 14.8 Å². The fraction of sp³-hybridized carbons (Fsp3) is 0.350. The first-order valence-corrected chi connectivity index (χ1v) is 10.6. The normalized spacial score (nSPS) is 19.9. The van der Waals surface area contributed by atoms with Crippen LogP contribution in [0.5, 0.6) is 5.75 Å². The zero-order valence-corrected chi connectivity index (χ0v) is 15.8. The lowest BCUT2D eigenvalue weighted by atomic mass is 10.1.